The van der Waals surface area contributed by atoms with Gasteiger partial charge in [0.2, 0.25) is 0 Å². The van der Waals surface area contributed by atoms with Crippen molar-refractivity contribution in [3.8, 4) is 11.4 Å². The quantitative estimate of drug-likeness (QED) is 0.365. The third-order valence-corrected chi connectivity index (χ3v) is 4.64. The number of nitrogens with zero attached hydrogens (tertiary/aromatic N) is 3. The Bertz CT molecular complexity index is 1320. The lowest BCUT2D eigenvalue weighted by atomic mass is 10.2. The maximum Gasteiger partial charge on any atom is 0.271 e. The molecule has 0 amide bonds. The van der Waals surface area contributed by atoms with Gasteiger partial charge in [0, 0.05) is 12.1 Å². The van der Waals surface area contributed by atoms with Crippen molar-refractivity contribution < 1.29 is 9.66 Å². The number of fused-ring (bicyclic) bond motifs is 1. The highest BCUT2D eigenvalue weighted by Gasteiger charge is 2.14. The molecular formula is C23H17N3O4. The number of ether oxygens (including phenoxy) is 1. The smallest absolute Gasteiger partial charge is 0.271 e. The summed E-state index contributed by atoms with van der Waals surface area (Å²) in [5.74, 6) is 1.11. The molecule has 0 saturated carbocycles. The lowest BCUT2D eigenvalue weighted by Gasteiger charge is -2.11. The van der Waals surface area contributed by atoms with Crippen LogP contribution in [0.5, 0.6) is 5.75 Å². The summed E-state index contributed by atoms with van der Waals surface area (Å²) in [5, 5.41) is 11.6. The van der Waals surface area contributed by atoms with Gasteiger partial charge in [0.1, 0.15) is 11.6 Å². The summed E-state index contributed by atoms with van der Waals surface area (Å²) in [6, 6.07) is 20.4. The maximum absolute atomic E-state index is 13.2. The van der Waals surface area contributed by atoms with Gasteiger partial charge in [0.05, 0.1) is 28.6 Å². The average Bonchev–Trinajstić information content (AvgIpc) is 2.78. The molecule has 148 valence electrons. The molecule has 0 aliphatic heterocycles. The van der Waals surface area contributed by atoms with Crippen LogP contribution in [-0.2, 0) is 0 Å². The number of para-hydroxylation sites is 1. The van der Waals surface area contributed by atoms with Gasteiger partial charge in [-0.15, -0.1) is 0 Å². The van der Waals surface area contributed by atoms with Gasteiger partial charge < -0.3 is 4.74 Å². The second kappa shape index (κ2) is 8.00. The normalized spacial score (nSPS) is 11.1. The first kappa shape index (κ1) is 19.1. The fourth-order valence-corrected chi connectivity index (χ4v) is 3.14. The first-order chi connectivity index (χ1) is 14.6. The van der Waals surface area contributed by atoms with E-state index in [0.29, 0.717) is 22.4 Å². The molecule has 7 nitrogen and oxygen atoms in total. The number of hydrogen-bond acceptors (Lipinski definition) is 5. The van der Waals surface area contributed by atoms with Crippen LogP contribution in [0.1, 0.15) is 11.4 Å². The van der Waals surface area contributed by atoms with Crippen LogP contribution in [0.4, 0.5) is 5.69 Å². The van der Waals surface area contributed by atoms with Gasteiger partial charge in [-0.2, -0.15) is 0 Å². The van der Waals surface area contributed by atoms with Gasteiger partial charge in [0.15, 0.2) is 0 Å². The van der Waals surface area contributed by atoms with Crippen molar-refractivity contribution in [2.24, 2.45) is 0 Å². The third kappa shape index (κ3) is 3.68. The molecule has 0 N–H and O–H groups in total. The van der Waals surface area contributed by atoms with Crippen LogP contribution in [0.25, 0.3) is 28.7 Å². The Balaban J connectivity index is 1.90. The molecule has 0 fully saturated rings. The van der Waals surface area contributed by atoms with E-state index in [9.17, 15) is 14.9 Å². The minimum atomic E-state index is -0.490. The molecular weight excluding hydrogens is 382 g/mol. The van der Waals surface area contributed by atoms with Crippen molar-refractivity contribution in [3.63, 3.8) is 0 Å². The molecule has 0 unspecified atom stereocenters. The van der Waals surface area contributed by atoms with Crippen molar-refractivity contribution in [3.05, 3.63) is 105 Å². The summed E-state index contributed by atoms with van der Waals surface area (Å²) in [6.45, 7) is 0. The van der Waals surface area contributed by atoms with Gasteiger partial charge in [-0.25, -0.2) is 4.98 Å². The van der Waals surface area contributed by atoms with Gasteiger partial charge in [-0.1, -0.05) is 36.4 Å². The number of methoxy groups -OCH3 is 1. The second-order valence-corrected chi connectivity index (χ2v) is 6.51. The summed E-state index contributed by atoms with van der Waals surface area (Å²) >= 11 is 0. The van der Waals surface area contributed by atoms with Gasteiger partial charge >= 0.3 is 0 Å². The summed E-state index contributed by atoms with van der Waals surface area (Å²) < 4.78 is 6.55. The molecule has 7 heteroatoms. The molecule has 30 heavy (non-hydrogen) atoms. The Morgan fingerprint density at radius 3 is 2.50 bits per heavy atom. The van der Waals surface area contributed by atoms with Gasteiger partial charge in [0.25, 0.3) is 11.2 Å². The predicted octanol–water partition coefficient (Wildman–Crippen LogP) is 4.47. The van der Waals surface area contributed by atoms with Gasteiger partial charge in [-0.3, -0.25) is 19.5 Å². The Morgan fingerprint density at radius 2 is 1.77 bits per heavy atom. The van der Waals surface area contributed by atoms with Crippen LogP contribution >= 0.6 is 0 Å². The number of nitro benzene ring substituents is 1. The van der Waals surface area contributed by atoms with Crippen LogP contribution in [0.3, 0.4) is 0 Å². The number of benzene rings is 3. The Labute approximate surface area is 171 Å². The molecule has 1 heterocycles. The van der Waals surface area contributed by atoms with E-state index in [-0.39, 0.29) is 11.2 Å². The summed E-state index contributed by atoms with van der Waals surface area (Å²) in [7, 11) is 1.60. The molecule has 0 aliphatic carbocycles. The van der Waals surface area contributed by atoms with Gasteiger partial charge in [-0.05, 0) is 42.0 Å². The topological polar surface area (TPSA) is 87.3 Å². The van der Waals surface area contributed by atoms with Crippen molar-refractivity contribution in [2.45, 2.75) is 0 Å². The molecule has 4 aromatic rings. The Kier molecular flexibility index (Phi) is 5.09. The molecule has 0 saturated heterocycles. The van der Waals surface area contributed by atoms with E-state index in [4.69, 9.17) is 4.74 Å². The number of rotatable bonds is 5. The lowest BCUT2D eigenvalue weighted by molar-refractivity contribution is -0.384. The van der Waals surface area contributed by atoms with Crippen molar-refractivity contribution >= 4 is 28.7 Å². The zero-order valence-electron chi connectivity index (χ0n) is 16.1. The standard InChI is InChI=1S/C23H17N3O4/c1-30-19-12-9-16(10-13-19)11-14-22-24-21-8-3-2-7-20(21)23(27)25(22)17-5-4-6-18(15-17)26(28)29/h2-15H,1H3. The van der Waals surface area contributed by atoms with Crippen LogP contribution < -0.4 is 10.3 Å². The number of non-ortho nitro benzene ring substituents is 1. The molecule has 3 aromatic carbocycles. The zero-order valence-corrected chi connectivity index (χ0v) is 16.1. The second-order valence-electron chi connectivity index (χ2n) is 6.51. The predicted molar refractivity (Wildman–Crippen MR) is 116 cm³/mol. The first-order valence-electron chi connectivity index (χ1n) is 9.15. The molecule has 4 rings (SSSR count). The van der Waals surface area contributed by atoms with Crippen LogP contribution in [-0.4, -0.2) is 21.6 Å². The van der Waals surface area contributed by atoms with E-state index in [1.807, 2.05) is 36.4 Å². The highest BCUT2D eigenvalue weighted by Crippen LogP contribution is 2.20. The molecule has 0 spiro atoms. The number of hydrogen-bond donors (Lipinski definition) is 0. The van der Waals surface area contributed by atoms with Crippen LogP contribution in [0.2, 0.25) is 0 Å². The molecule has 0 radical (unpaired) electrons. The molecule has 0 bridgehead atoms. The first-order valence-corrected chi connectivity index (χ1v) is 9.15. The largest absolute Gasteiger partial charge is 0.497 e. The fraction of sp³-hybridized carbons (Fsp3) is 0.0435. The summed E-state index contributed by atoms with van der Waals surface area (Å²) in [6.07, 6.45) is 3.54. The van der Waals surface area contributed by atoms with E-state index in [1.54, 1.807) is 43.5 Å². The monoisotopic (exact) mass is 399 g/mol. The average molecular weight is 399 g/mol. The minimum absolute atomic E-state index is 0.0994. The highest BCUT2D eigenvalue weighted by molar-refractivity contribution is 5.80. The summed E-state index contributed by atoms with van der Waals surface area (Å²) in [4.78, 5) is 28.6. The third-order valence-electron chi connectivity index (χ3n) is 4.64. The van der Waals surface area contributed by atoms with Crippen molar-refractivity contribution in [1.29, 1.82) is 0 Å². The Hall–Kier alpha value is -4.26. The SMILES string of the molecule is COc1ccc(C=Cc2nc3ccccc3c(=O)n2-c2cccc([N+](=O)[O-])c2)cc1. The Morgan fingerprint density at radius 1 is 1.00 bits per heavy atom. The molecule has 0 atom stereocenters. The van der Waals surface area contributed by atoms with Crippen molar-refractivity contribution in [1.82, 2.24) is 9.55 Å². The van der Waals surface area contributed by atoms with Crippen molar-refractivity contribution in [2.75, 3.05) is 7.11 Å². The van der Waals surface area contributed by atoms with Crippen LogP contribution in [0.15, 0.2) is 77.6 Å². The molecule has 0 aliphatic rings. The highest BCUT2D eigenvalue weighted by atomic mass is 16.6. The number of nitro groups is 1. The summed E-state index contributed by atoms with van der Waals surface area (Å²) in [5.41, 5.74) is 1.43. The van der Waals surface area contributed by atoms with E-state index in [2.05, 4.69) is 4.98 Å². The fourth-order valence-electron chi connectivity index (χ4n) is 3.14. The maximum atomic E-state index is 13.2. The lowest BCUT2D eigenvalue weighted by Crippen LogP contribution is -2.22. The van der Waals surface area contributed by atoms with E-state index >= 15 is 0 Å². The zero-order chi connectivity index (χ0) is 21.1. The minimum Gasteiger partial charge on any atom is -0.497 e. The van der Waals surface area contributed by atoms with E-state index in [0.717, 1.165) is 11.3 Å². The van der Waals surface area contributed by atoms with Crippen LogP contribution in [0, 0.1) is 10.1 Å². The van der Waals surface area contributed by atoms with E-state index in [1.165, 1.54) is 16.7 Å². The molecule has 1 aromatic heterocycles. The van der Waals surface area contributed by atoms with E-state index < -0.39 is 4.92 Å². The number of aromatic nitrogens is 2.